The molecule has 3 nitrogen and oxygen atoms in total. The molecule has 1 N–H and O–H groups in total. The summed E-state index contributed by atoms with van der Waals surface area (Å²) >= 11 is 0. The van der Waals surface area contributed by atoms with Crippen LogP contribution in [0.15, 0.2) is 18.2 Å². The van der Waals surface area contributed by atoms with E-state index in [1.54, 1.807) is 0 Å². The molecule has 3 rings (SSSR count). The Kier molecular flexibility index (Phi) is 2.85. The summed E-state index contributed by atoms with van der Waals surface area (Å²) in [5.41, 5.74) is 4.33. The highest BCUT2D eigenvalue weighted by Crippen LogP contribution is 2.24. The maximum atomic E-state index is 12.5. The normalized spacial score (nSPS) is 19.3. The van der Waals surface area contributed by atoms with Crippen molar-refractivity contribution in [2.24, 2.45) is 5.92 Å². The van der Waals surface area contributed by atoms with Crippen molar-refractivity contribution >= 4 is 16.8 Å². The molecule has 1 amide bonds. The van der Waals surface area contributed by atoms with Crippen LogP contribution in [-0.4, -0.2) is 28.9 Å². The maximum absolute atomic E-state index is 12.5. The molecule has 3 heteroatoms. The number of nitrogens with one attached hydrogen (secondary N) is 1. The minimum Gasteiger partial charge on any atom is -0.358 e. The number of benzene rings is 1. The standard InChI is InChI=1S/C16H20N2O/c1-10-6-7-18(9-10)16(19)13-4-5-15-14(8-13)11(2)12(3)17-15/h4-5,8,10,17H,6-7,9H2,1-3H3. The topological polar surface area (TPSA) is 36.1 Å². The molecule has 1 atom stereocenters. The van der Waals surface area contributed by atoms with Crippen molar-refractivity contribution in [2.75, 3.05) is 13.1 Å². The van der Waals surface area contributed by atoms with Gasteiger partial charge in [-0.1, -0.05) is 6.92 Å². The summed E-state index contributed by atoms with van der Waals surface area (Å²) in [5, 5.41) is 1.16. The zero-order chi connectivity index (χ0) is 13.6. The minimum absolute atomic E-state index is 0.171. The van der Waals surface area contributed by atoms with Crippen LogP contribution in [0.1, 0.15) is 35.0 Å². The first-order valence-electron chi connectivity index (χ1n) is 6.94. The Morgan fingerprint density at radius 2 is 2.16 bits per heavy atom. The fraction of sp³-hybridized carbons (Fsp3) is 0.438. The molecule has 1 aromatic carbocycles. The molecule has 1 aromatic heterocycles. The van der Waals surface area contributed by atoms with Crippen LogP contribution >= 0.6 is 0 Å². The molecule has 1 saturated heterocycles. The van der Waals surface area contributed by atoms with Crippen molar-refractivity contribution in [1.82, 2.24) is 9.88 Å². The number of amides is 1. The van der Waals surface area contributed by atoms with Gasteiger partial charge in [-0.2, -0.15) is 0 Å². The van der Waals surface area contributed by atoms with Gasteiger partial charge in [0, 0.05) is 35.2 Å². The second kappa shape index (κ2) is 4.41. The van der Waals surface area contributed by atoms with Crippen molar-refractivity contribution < 1.29 is 4.79 Å². The summed E-state index contributed by atoms with van der Waals surface area (Å²) in [6.45, 7) is 8.15. The average Bonchev–Trinajstić information content (AvgIpc) is 2.94. The minimum atomic E-state index is 0.171. The van der Waals surface area contributed by atoms with Crippen LogP contribution in [0.2, 0.25) is 0 Å². The van der Waals surface area contributed by atoms with E-state index in [4.69, 9.17) is 0 Å². The van der Waals surface area contributed by atoms with Gasteiger partial charge in [0.25, 0.3) is 5.91 Å². The van der Waals surface area contributed by atoms with E-state index >= 15 is 0 Å². The number of aromatic nitrogens is 1. The number of hydrogen-bond acceptors (Lipinski definition) is 1. The predicted molar refractivity (Wildman–Crippen MR) is 77.5 cm³/mol. The molecule has 2 heterocycles. The van der Waals surface area contributed by atoms with E-state index in [2.05, 4.69) is 25.8 Å². The smallest absolute Gasteiger partial charge is 0.253 e. The highest BCUT2D eigenvalue weighted by atomic mass is 16.2. The lowest BCUT2D eigenvalue weighted by Crippen LogP contribution is -2.28. The van der Waals surface area contributed by atoms with Crippen LogP contribution in [0, 0.1) is 19.8 Å². The number of H-pyrrole nitrogens is 1. The Morgan fingerprint density at radius 3 is 2.84 bits per heavy atom. The van der Waals surface area contributed by atoms with Crippen molar-refractivity contribution in [3.8, 4) is 0 Å². The Labute approximate surface area is 113 Å². The number of rotatable bonds is 1. The Hall–Kier alpha value is -1.77. The van der Waals surface area contributed by atoms with Gasteiger partial charge in [-0.25, -0.2) is 0 Å². The third-order valence-electron chi connectivity index (χ3n) is 4.27. The number of hydrogen-bond donors (Lipinski definition) is 1. The molecular weight excluding hydrogens is 236 g/mol. The first-order valence-corrected chi connectivity index (χ1v) is 6.94. The van der Waals surface area contributed by atoms with Gasteiger partial charge in [-0.15, -0.1) is 0 Å². The predicted octanol–water partition coefficient (Wildman–Crippen LogP) is 3.27. The van der Waals surface area contributed by atoms with Crippen molar-refractivity contribution in [1.29, 1.82) is 0 Å². The van der Waals surface area contributed by atoms with E-state index in [1.165, 1.54) is 11.3 Å². The molecule has 1 aliphatic heterocycles. The third-order valence-corrected chi connectivity index (χ3v) is 4.27. The van der Waals surface area contributed by atoms with Crippen LogP contribution in [0.4, 0.5) is 0 Å². The largest absolute Gasteiger partial charge is 0.358 e. The average molecular weight is 256 g/mol. The second-order valence-electron chi connectivity index (χ2n) is 5.78. The SMILES string of the molecule is Cc1[nH]c2ccc(C(=O)N3CCC(C)C3)cc2c1C. The summed E-state index contributed by atoms with van der Waals surface area (Å²) in [6.07, 6.45) is 1.12. The molecule has 2 aromatic rings. The van der Waals surface area contributed by atoms with Gasteiger partial charge in [0.15, 0.2) is 0 Å². The van der Waals surface area contributed by atoms with Crippen LogP contribution in [0.5, 0.6) is 0 Å². The molecule has 0 saturated carbocycles. The van der Waals surface area contributed by atoms with Gasteiger partial charge in [0.1, 0.15) is 0 Å². The van der Waals surface area contributed by atoms with Gasteiger partial charge in [-0.05, 0) is 49.9 Å². The fourth-order valence-electron chi connectivity index (χ4n) is 2.90. The number of likely N-dealkylation sites (tertiary alicyclic amines) is 1. The Bertz CT molecular complexity index is 641. The first kappa shape index (κ1) is 12.3. The monoisotopic (exact) mass is 256 g/mol. The van der Waals surface area contributed by atoms with Crippen molar-refractivity contribution in [2.45, 2.75) is 27.2 Å². The van der Waals surface area contributed by atoms with Crippen LogP contribution < -0.4 is 0 Å². The van der Waals surface area contributed by atoms with Crippen LogP contribution in [0.25, 0.3) is 10.9 Å². The van der Waals surface area contributed by atoms with Gasteiger partial charge in [0.2, 0.25) is 0 Å². The molecule has 1 fully saturated rings. The number of carbonyl (C=O) groups excluding carboxylic acids is 1. The van der Waals surface area contributed by atoms with E-state index in [9.17, 15) is 4.79 Å². The molecule has 100 valence electrons. The molecule has 0 spiro atoms. The fourth-order valence-corrected chi connectivity index (χ4v) is 2.90. The third kappa shape index (κ3) is 2.03. The number of nitrogens with zero attached hydrogens (tertiary/aromatic N) is 1. The summed E-state index contributed by atoms with van der Waals surface area (Å²) in [5.74, 6) is 0.799. The molecule has 0 bridgehead atoms. The number of aromatic amines is 1. The summed E-state index contributed by atoms with van der Waals surface area (Å²) < 4.78 is 0. The van der Waals surface area contributed by atoms with Gasteiger partial charge in [-0.3, -0.25) is 4.79 Å². The summed E-state index contributed by atoms with van der Waals surface area (Å²) in [7, 11) is 0. The van der Waals surface area contributed by atoms with E-state index in [0.717, 1.165) is 36.0 Å². The molecule has 1 aliphatic rings. The van der Waals surface area contributed by atoms with Gasteiger partial charge >= 0.3 is 0 Å². The first-order chi connectivity index (χ1) is 9.06. The number of carbonyl (C=O) groups is 1. The van der Waals surface area contributed by atoms with Crippen molar-refractivity contribution in [3.63, 3.8) is 0 Å². The summed E-state index contributed by atoms with van der Waals surface area (Å²) in [6, 6.07) is 5.98. The molecule has 0 radical (unpaired) electrons. The van der Waals surface area contributed by atoms with Crippen LogP contribution in [-0.2, 0) is 0 Å². The van der Waals surface area contributed by atoms with Crippen molar-refractivity contribution in [3.05, 3.63) is 35.0 Å². The van der Waals surface area contributed by atoms with Gasteiger partial charge < -0.3 is 9.88 Å². The van der Waals surface area contributed by atoms with Crippen LogP contribution in [0.3, 0.4) is 0 Å². The molecular formula is C16H20N2O. The molecule has 19 heavy (non-hydrogen) atoms. The van der Waals surface area contributed by atoms with E-state index in [-0.39, 0.29) is 5.91 Å². The lowest BCUT2D eigenvalue weighted by Gasteiger charge is -2.15. The van der Waals surface area contributed by atoms with E-state index in [1.807, 2.05) is 23.1 Å². The maximum Gasteiger partial charge on any atom is 0.253 e. The Morgan fingerprint density at radius 1 is 1.37 bits per heavy atom. The zero-order valence-electron chi connectivity index (χ0n) is 11.8. The highest BCUT2D eigenvalue weighted by Gasteiger charge is 2.24. The highest BCUT2D eigenvalue weighted by molar-refractivity contribution is 5.99. The zero-order valence-corrected chi connectivity index (χ0v) is 11.8. The van der Waals surface area contributed by atoms with E-state index in [0.29, 0.717) is 5.92 Å². The lowest BCUT2D eigenvalue weighted by molar-refractivity contribution is 0.0788. The summed E-state index contributed by atoms with van der Waals surface area (Å²) in [4.78, 5) is 17.8. The van der Waals surface area contributed by atoms with E-state index < -0.39 is 0 Å². The van der Waals surface area contributed by atoms with Gasteiger partial charge in [0.05, 0.1) is 0 Å². The number of aryl methyl sites for hydroxylation is 2. The molecule has 1 unspecified atom stereocenters. The number of fused-ring (bicyclic) bond motifs is 1. The Balaban J connectivity index is 1.96. The molecule has 0 aliphatic carbocycles. The lowest BCUT2D eigenvalue weighted by atomic mass is 10.1. The quantitative estimate of drug-likeness (QED) is 0.835. The second-order valence-corrected chi connectivity index (χ2v) is 5.78.